The van der Waals surface area contributed by atoms with Crippen molar-refractivity contribution in [1.82, 2.24) is 0 Å². The van der Waals surface area contributed by atoms with E-state index >= 15 is 0 Å². The standard InChI is InChI=1S/C14H18N2O2S/c1-3-4-7-16-12-8-11(15-10(2)17)5-6-13(12)19-9-14(16)18/h5-6,8H,3-4,7,9H2,1-2H3,(H,15,17). The summed E-state index contributed by atoms with van der Waals surface area (Å²) in [5.74, 6) is 0.539. The molecule has 0 fully saturated rings. The molecule has 1 aliphatic heterocycles. The SMILES string of the molecule is CCCCN1C(=O)CSc2ccc(NC(C)=O)cc21. The van der Waals surface area contributed by atoms with Gasteiger partial charge in [0.15, 0.2) is 0 Å². The summed E-state index contributed by atoms with van der Waals surface area (Å²) in [6.45, 7) is 4.33. The van der Waals surface area contributed by atoms with Crippen LogP contribution in [-0.4, -0.2) is 24.1 Å². The van der Waals surface area contributed by atoms with Gasteiger partial charge >= 0.3 is 0 Å². The fourth-order valence-corrected chi connectivity index (χ4v) is 2.96. The Morgan fingerprint density at radius 2 is 2.26 bits per heavy atom. The number of hydrogen-bond acceptors (Lipinski definition) is 3. The summed E-state index contributed by atoms with van der Waals surface area (Å²) in [4.78, 5) is 26.1. The molecule has 2 amide bonds. The molecule has 0 saturated carbocycles. The Morgan fingerprint density at radius 1 is 1.47 bits per heavy atom. The van der Waals surface area contributed by atoms with E-state index in [0.29, 0.717) is 5.75 Å². The Labute approximate surface area is 117 Å². The first-order chi connectivity index (χ1) is 9.11. The van der Waals surface area contributed by atoms with Crippen LogP contribution in [-0.2, 0) is 9.59 Å². The summed E-state index contributed by atoms with van der Waals surface area (Å²) in [5, 5.41) is 2.76. The summed E-state index contributed by atoms with van der Waals surface area (Å²) in [6.07, 6.45) is 2.04. The van der Waals surface area contributed by atoms with Crippen molar-refractivity contribution in [2.75, 3.05) is 22.5 Å². The van der Waals surface area contributed by atoms with E-state index in [1.54, 1.807) is 11.8 Å². The number of carbonyl (C=O) groups excluding carboxylic acids is 2. The number of rotatable bonds is 4. The first kappa shape index (κ1) is 13.9. The van der Waals surface area contributed by atoms with Crippen LogP contribution >= 0.6 is 11.8 Å². The van der Waals surface area contributed by atoms with Gasteiger partial charge in [0, 0.05) is 24.1 Å². The Balaban J connectivity index is 2.29. The first-order valence-electron chi connectivity index (χ1n) is 6.46. The maximum atomic E-state index is 12.0. The second-order valence-corrected chi connectivity index (χ2v) is 5.57. The minimum Gasteiger partial charge on any atom is -0.326 e. The molecule has 0 radical (unpaired) electrons. The van der Waals surface area contributed by atoms with Crippen LogP contribution in [0.2, 0.25) is 0 Å². The van der Waals surface area contributed by atoms with Gasteiger partial charge in [-0.15, -0.1) is 11.8 Å². The summed E-state index contributed by atoms with van der Waals surface area (Å²) >= 11 is 1.56. The molecule has 0 aliphatic carbocycles. The molecule has 1 aromatic carbocycles. The van der Waals surface area contributed by atoms with Gasteiger partial charge in [0.1, 0.15) is 0 Å². The van der Waals surface area contributed by atoms with Gasteiger partial charge in [0.25, 0.3) is 0 Å². The van der Waals surface area contributed by atoms with Crippen LogP contribution in [0.25, 0.3) is 0 Å². The Morgan fingerprint density at radius 3 is 2.95 bits per heavy atom. The highest BCUT2D eigenvalue weighted by Gasteiger charge is 2.24. The number of hydrogen-bond donors (Lipinski definition) is 1. The van der Waals surface area contributed by atoms with Gasteiger partial charge in [0.05, 0.1) is 11.4 Å². The second-order valence-electron chi connectivity index (χ2n) is 4.55. The van der Waals surface area contributed by atoms with Crippen LogP contribution in [0.15, 0.2) is 23.1 Å². The van der Waals surface area contributed by atoms with Gasteiger partial charge < -0.3 is 10.2 Å². The van der Waals surface area contributed by atoms with Crippen molar-refractivity contribution in [3.05, 3.63) is 18.2 Å². The third-order valence-corrected chi connectivity index (χ3v) is 4.01. The van der Waals surface area contributed by atoms with Crippen LogP contribution in [0.3, 0.4) is 0 Å². The number of carbonyl (C=O) groups is 2. The van der Waals surface area contributed by atoms with Gasteiger partial charge in [-0.3, -0.25) is 9.59 Å². The third kappa shape index (κ3) is 3.29. The Bertz CT molecular complexity index is 502. The van der Waals surface area contributed by atoms with E-state index in [9.17, 15) is 9.59 Å². The van der Waals surface area contributed by atoms with Gasteiger partial charge in [-0.1, -0.05) is 13.3 Å². The highest BCUT2D eigenvalue weighted by molar-refractivity contribution is 8.00. The lowest BCUT2D eigenvalue weighted by Gasteiger charge is -2.29. The molecule has 2 rings (SSSR count). The number of anilines is 2. The monoisotopic (exact) mass is 278 g/mol. The van der Waals surface area contributed by atoms with E-state index in [-0.39, 0.29) is 11.8 Å². The zero-order valence-corrected chi connectivity index (χ0v) is 12.0. The summed E-state index contributed by atoms with van der Waals surface area (Å²) in [7, 11) is 0. The maximum Gasteiger partial charge on any atom is 0.237 e. The summed E-state index contributed by atoms with van der Waals surface area (Å²) in [5.41, 5.74) is 1.66. The predicted octanol–water partition coefficient (Wildman–Crippen LogP) is 2.88. The Hall–Kier alpha value is -1.49. The number of unbranched alkanes of at least 4 members (excludes halogenated alkanes) is 1. The highest BCUT2D eigenvalue weighted by atomic mass is 32.2. The van der Waals surface area contributed by atoms with E-state index < -0.39 is 0 Å². The number of nitrogens with one attached hydrogen (secondary N) is 1. The molecule has 0 aromatic heterocycles. The molecule has 19 heavy (non-hydrogen) atoms. The molecular formula is C14H18N2O2S. The average Bonchev–Trinajstić information content (AvgIpc) is 2.37. The molecule has 0 atom stereocenters. The molecule has 1 aromatic rings. The fourth-order valence-electron chi connectivity index (χ4n) is 2.04. The van der Waals surface area contributed by atoms with Crippen molar-refractivity contribution < 1.29 is 9.59 Å². The second kappa shape index (κ2) is 6.10. The largest absolute Gasteiger partial charge is 0.326 e. The Kier molecular flexibility index (Phi) is 4.47. The lowest BCUT2D eigenvalue weighted by molar-refractivity contribution is -0.116. The lowest BCUT2D eigenvalue weighted by atomic mass is 10.2. The molecule has 102 valence electrons. The molecule has 1 heterocycles. The van der Waals surface area contributed by atoms with E-state index in [1.165, 1.54) is 6.92 Å². The molecule has 0 saturated heterocycles. The minimum atomic E-state index is -0.102. The van der Waals surface area contributed by atoms with E-state index in [1.807, 2.05) is 23.1 Å². The van der Waals surface area contributed by atoms with Crippen LogP contribution in [0.1, 0.15) is 26.7 Å². The summed E-state index contributed by atoms with van der Waals surface area (Å²) < 4.78 is 0. The zero-order chi connectivity index (χ0) is 13.8. The first-order valence-corrected chi connectivity index (χ1v) is 7.45. The number of benzene rings is 1. The molecule has 5 heteroatoms. The topological polar surface area (TPSA) is 49.4 Å². The van der Waals surface area contributed by atoms with Gasteiger partial charge in [-0.2, -0.15) is 0 Å². The molecule has 0 spiro atoms. The molecule has 1 N–H and O–H groups in total. The quantitative estimate of drug-likeness (QED) is 0.921. The number of thioether (sulfide) groups is 1. The molecular weight excluding hydrogens is 260 g/mol. The maximum absolute atomic E-state index is 12.0. The molecule has 4 nitrogen and oxygen atoms in total. The molecule has 1 aliphatic rings. The number of nitrogens with zero attached hydrogens (tertiary/aromatic N) is 1. The van der Waals surface area contributed by atoms with E-state index in [0.717, 1.165) is 35.7 Å². The zero-order valence-electron chi connectivity index (χ0n) is 11.2. The van der Waals surface area contributed by atoms with Crippen molar-refractivity contribution >= 4 is 35.0 Å². The van der Waals surface area contributed by atoms with Crippen molar-refractivity contribution in [3.8, 4) is 0 Å². The van der Waals surface area contributed by atoms with Crippen LogP contribution in [0.4, 0.5) is 11.4 Å². The van der Waals surface area contributed by atoms with Crippen molar-refractivity contribution in [2.24, 2.45) is 0 Å². The van der Waals surface area contributed by atoms with Crippen LogP contribution in [0.5, 0.6) is 0 Å². The van der Waals surface area contributed by atoms with Gasteiger partial charge in [-0.05, 0) is 24.6 Å². The normalized spacial score (nSPS) is 14.2. The fraction of sp³-hybridized carbons (Fsp3) is 0.429. The molecule has 0 unspecified atom stereocenters. The predicted molar refractivity (Wildman–Crippen MR) is 78.7 cm³/mol. The summed E-state index contributed by atoms with van der Waals surface area (Å²) in [6, 6.07) is 5.73. The number of amides is 2. The smallest absolute Gasteiger partial charge is 0.237 e. The van der Waals surface area contributed by atoms with Crippen LogP contribution in [0, 0.1) is 0 Å². The van der Waals surface area contributed by atoms with Crippen molar-refractivity contribution in [2.45, 2.75) is 31.6 Å². The van der Waals surface area contributed by atoms with Crippen LogP contribution < -0.4 is 10.2 Å². The molecule has 0 bridgehead atoms. The van der Waals surface area contributed by atoms with Crippen molar-refractivity contribution in [1.29, 1.82) is 0 Å². The van der Waals surface area contributed by atoms with Gasteiger partial charge in [-0.25, -0.2) is 0 Å². The highest BCUT2D eigenvalue weighted by Crippen LogP contribution is 2.37. The average molecular weight is 278 g/mol. The minimum absolute atomic E-state index is 0.102. The van der Waals surface area contributed by atoms with E-state index in [4.69, 9.17) is 0 Å². The number of fused-ring (bicyclic) bond motifs is 1. The van der Waals surface area contributed by atoms with Crippen molar-refractivity contribution in [3.63, 3.8) is 0 Å². The lowest BCUT2D eigenvalue weighted by Crippen LogP contribution is -2.36. The third-order valence-electron chi connectivity index (χ3n) is 2.96. The van der Waals surface area contributed by atoms with E-state index in [2.05, 4.69) is 12.2 Å². The van der Waals surface area contributed by atoms with Gasteiger partial charge in [0.2, 0.25) is 11.8 Å².